The Morgan fingerprint density at radius 2 is 2.11 bits per heavy atom. The van der Waals surface area contributed by atoms with Crippen molar-refractivity contribution in [3.05, 3.63) is 29.8 Å². The number of carbonyl (C=O) groups is 1. The lowest BCUT2D eigenvalue weighted by molar-refractivity contribution is -0.131. The third-order valence-corrected chi connectivity index (χ3v) is 3.93. The van der Waals surface area contributed by atoms with Crippen LogP contribution in [0.15, 0.2) is 28.6 Å². The molecule has 0 unspecified atom stereocenters. The van der Waals surface area contributed by atoms with Crippen LogP contribution in [0.2, 0.25) is 0 Å². The summed E-state index contributed by atoms with van der Waals surface area (Å²) in [4.78, 5) is 10.8. The van der Waals surface area contributed by atoms with Crippen LogP contribution in [0.4, 0.5) is 5.13 Å². The molecule has 0 radical (unpaired) electrons. The standard InChI is InChI=1S/C11H11N3O2S2/c1-7(15)16-9-4-2-8(3-5-9)6-17-11-14-13-10(12)18-11/h2-5H,6H2,1H3,(H2,12,13). The number of benzene rings is 1. The molecule has 0 amide bonds. The Kier molecular flexibility index (Phi) is 4.16. The van der Waals surface area contributed by atoms with E-state index >= 15 is 0 Å². The molecule has 5 nitrogen and oxygen atoms in total. The summed E-state index contributed by atoms with van der Waals surface area (Å²) in [5.41, 5.74) is 6.61. The Labute approximate surface area is 112 Å². The highest BCUT2D eigenvalue weighted by atomic mass is 32.2. The van der Waals surface area contributed by atoms with Gasteiger partial charge in [-0.1, -0.05) is 35.2 Å². The fraction of sp³-hybridized carbons (Fsp3) is 0.182. The van der Waals surface area contributed by atoms with Gasteiger partial charge in [-0.25, -0.2) is 0 Å². The van der Waals surface area contributed by atoms with Gasteiger partial charge in [0.15, 0.2) is 4.34 Å². The third-order valence-electron chi connectivity index (χ3n) is 1.97. The van der Waals surface area contributed by atoms with E-state index in [0.717, 1.165) is 15.7 Å². The summed E-state index contributed by atoms with van der Waals surface area (Å²) in [6.07, 6.45) is 0. The Balaban J connectivity index is 1.92. The maximum Gasteiger partial charge on any atom is 0.308 e. The van der Waals surface area contributed by atoms with Crippen molar-refractivity contribution >= 4 is 34.2 Å². The lowest BCUT2D eigenvalue weighted by Crippen LogP contribution is -2.00. The highest BCUT2D eigenvalue weighted by Crippen LogP contribution is 2.27. The lowest BCUT2D eigenvalue weighted by atomic mass is 10.2. The molecule has 94 valence electrons. The first-order valence-electron chi connectivity index (χ1n) is 5.12. The van der Waals surface area contributed by atoms with Gasteiger partial charge in [0.2, 0.25) is 5.13 Å². The number of hydrogen-bond acceptors (Lipinski definition) is 7. The van der Waals surface area contributed by atoms with Crippen LogP contribution in [0.5, 0.6) is 5.75 Å². The first-order valence-corrected chi connectivity index (χ1v) is 6.93. The maximum atomic E-state index is 10.8. The van der Waals surface area contributed by atoms with Crippen LogP contribution >= 0.6 is 23.1 Å². The van der Waals surface area contributed by atoms with Gasteiger partial charge in [-0.15, -0.1) is 10.2 Å². The van der Waals surface area contributed by atoms with Crippen LogP contribution in [0.25, 0.3) is 0 Å². The summed E-state index contributed by atoms with van der Waals surface area (Å²) in [5.74, 6) is 1.01. The average Bonchev–Trinajstić information content (AvgIpc) is 2.74. The zero-order valence-electron chi connectivity index (χ0n) is 9.62. The maximum absolute atomic E-state index is 10.8. The van der Waals surface area contributed by atoms with Gasteiger partial charge in [0.25, 0.3) is 0 Å². The average molecular weight is 281 g/mol. The number of rotatable bonds is 4. The Hall–Kier alpha value is -1.60. The molecule has 1 aromatic carbocycles. The Bertz CT molecular complexity index is 539. The second-order valence-corrected chi connectivity index (χ2v) is 5.66. The van der Waals surface area contributed by atoms with Crippen LogP contribution in [0.1, 0.15) is 12.5 Å². The number of hydrogen-bond donors (Lipinski definition) is 1. The highest BCUT2D eigenvalue weighted by Gasteiger charge is 2.03. The summed E-state index contributed by atoms with van der Waals surface area (Å²) < 4.78 is 5.80. The van der Waals surface area contributed by atoms with E-state index in [0.29, 0.717) is 10.9 Å². The molecule has 1 aromatic heterocycles. The molecule has 18 heavy (non-hydrogen) atoms. The first kappa shape index (κ1) is 12.8. The summed E-state index contributed by atoms with van der Waals surface area (Å²) in [7, 11) is 0. The van der Waals surface area contributed by atoms with Crippen molar-refractivity contribution in [1.82, 2.24) is 10.2 Å². The second kappa shape index (κ2) is 5.83. The van der Waals surface area contributed by atoms with Gasteiger partial charge < -0.3 is 10.5 Å². The monoisotopic (exact) mass is 281 g/mol. The summed E-state index contributed by atoms with van der Waals surface area (Å²) in [6.45, 7) is 1.38. The number of nitrogen functional groups attached to an aromatic ring is 1. The minimum Gasteiger partial charge on any atom is -0.427 e. The smallest absolute Gasteiger partial charge is 0.308 e. The van der Waals surface area contributed by atoms with E-state index < -0.39 is 0 Å². The largest absolute Gasteiger partial charge is 0.427 e. The van der Waals surface area contributed by atoms with Crippen molar-refractivity contribution in [2.75, 3.05) is 5.73 Å². The van der Waals surface area contributed by atoms with E-state index in [2.05, 4.69) is 10.2 Å². The van der Waals surface area contributed by atoms with Gasteiger partial charge in [0, 0.05) is 12.7 Å². The zero-order valence-corrected chi connectivity index (χ0v) is 11.3. The number of anilines is 1. The molecule has 0 bridgehead atoms. The minimum atomic E-state index is -0.318. The Morgan fingerprint density at radius 1 is 1.39 bits per heavy atom. The topological polar surface area (TPSA) is 78.1 Å². The number of nitrogens with two attached hydrogens (primary N) is 1. The Morgan fingerprint density at radius 3 is 2.67 bits per heavy atom. The molecule has 0 saturated heterocycles. The molecule has 0 fully saturated rings. The van der Waals surface area contributed by atoms with Gasteiger partial charge in [-0.2, -0.15) is 0 Å². The molecular weight excluding hydrogens is 270 g/mol. The third kappa shape index (κ3) is 3.71. The van der Waals surface area contributed by atoms with E-state index in [1.807, 2.05) is 12.1 Å². The first-order chi connectivity index (χ1) is 8.63. The van der Waals surface area contributed by atoms with Crippen molar-refractivity contribution in [1.29, 1.82) is 0 Å². The fourth-order valence-corrected chi connectivity index (χ4v) is 2.84. The van der Waals surface area contributed by atoms with Crippen molar-refractivity contribution < 1.29 is 9.53 Å². The fourth-order valence-electron chi connectivity index (χ4n) is 1.24. The second-order valence-electron chi connectivity index (χ2n) is 3.43. The number of nitrogens with zero attached hydrogens (tertiary/aromatic N) is 2. The number of carbonyl (C=O) groups excluding carboxylic acids is 1. The number of aromatic nitrogens is 2. The van der Waals surface area contributed by atoms with Gasteiger partial charge in [0.05, 0.1) is 0 Å². The van der Waals surface area contributed by atoms with E-state index in [1.165, 1.54) is 18.3 Å². The molecular formula is C11H11N3O2S2. The van der Waals surface area contributed by atoms with Crippen LogP contribution in [-0.2, 0) is 10.5 Å². The molecule has 0 aliphatic carbocycles. The van der Waals surface area contributed by atoms with E-state index in [9.17, 15) is 4.79 Å². The normalized spacial score (nSPS) is 10.3. The molecule has 0 saturated carbocycles. The van der Waals surface area contributed by atoms with Gasteiger partial charge in [-0.3, -0.25) is 4.79 Å². The van der Waals surface area contributed by atoms with Crippen LogP contribution in [0, 0.1) is 0 Å². The molecule has 7 heteroatoms. The van der Waals surface area contributed by atoms with Crippen molar-refractivity contribution in [2.24, 2.45) is 0 Å². The van der Waals surface area contributed by atoms with Gasteiger partial charge >= 0.3 is 5.97 Å². The van der Waals surface area contributed by atoms with Crippen molar-refractivity contribution in [3.8, 4) is 5.75 Å². The van der Waals surface area contributed by atoms with E-state index in [4.69, 9.17) is 10.5 Å². The molecule has 2 aromatic rings. The number of thioether (sulfide) groups is 1. The number of esters is 1. The molecule has 0 aliphatic rings. The summed E-state index contributed by atoms with van der Waals surface area (Å²) in [6, 6.07) is 7.36. The predicted octanol–water partition coefficient (Wildman–Crippen LogP) is 2.34. The quantitative estimate of drug-likeness (QED) is 0.526. The molecule has 0 atom stereocenters. The molecule has 2 N–H and O–H groups in total. The molecule has 2 rings (SSSR count). The van der Waals surface area contributed by atoms with Gasteiger partial charge in [0.1, 0.15) is 5.75 Å². The SMILES string of the molecule is CC(=O)Oc1ccc(CSc2nnc(N)s2)cc1. The zero-order chi connectivity index (χ0) is 13.0. The summed E-state index contributed by atoms with van der Waals surface area (Å²) >= 11 is 2.94. The van der Waals surface area contributed by atoms with E-state index in [-0.39, 0.29) is 5.97 Å². The molecule has 0 spiro atoms. The predicted molar refractivity (Wildman–Crippen MR) is 71.6 cm³/mol. The minimum absolute atomic E-state index is 0.318. The van der Waals surface area contributed by atoms with Crippen LogP contribution in [0.3, 0.4) is 0 Å². The van der Waals surface area contributed by atoms with Crippen molar-refractivity contribution in [3.63, 3.8) is 0 Å². The molecule has 1 heterocycles. The summed E-state index contributed by atoms with van der Waals surface area (Å²) in [5, 5.41) is 8.14. The molecule has 0 aliphatic heterocycles. The number of ether oxygens (including phenoxy) is 1. The highest BCUT2D eigenvalue weighted by molar-refractivity contribution is 8.00. The van der Waals surface area contributed by atoms with Crippen LogP contribution in [-0.4, -0.2) is 16.2 Å². The lowest BCUT2D eigenvalue weighted by Gasteiger charge is -2.02. The van der Waals surface area contributed by atoms with E-state index in [1.54, 1.807) is 23.9 Å². The van der Waals surface area contributed by atoms with Crippen LogP contribution < -0.4 is 10.5 Å². The van der Waals surface area contributed by atoms with Crippen molar-refractivity contribution in [2.45, 2.75) is 17.0 Å². The van der Waals surface area contributed by atoms with Gasteiger partial charge in [-0.05, 0) is 17.7 Å².